The van der Waals surface area contributed by atoms with E-state index in [1.165, 1.54) is 30.5 Å². The van der Waals surface area contributed by atoms with Gasteiger partial charge in [-0.3, -0.25) is 9.59 Å². The molecule has 0 aliphatic rings. The van der Waals surface area contributed by atoms with Crippen LogP contribution in [0.3, 0.4) is 0 Å². The van der Waals surface area contributed by atoms with Crippen molar-refractivity contribution in [3.05, 3.63) is 44.7 Å². The number of esters is 1. The second-order valence-corrected chi connectivity index (χ2v) is 5.80. The Bertz CT molecular complexity index is 794. The minimum Gasteiger partial charge on any atom is -0.462 e. The zero-order valence-electron chi connectivity index (χ0n) is 13.1. The first-order chi connectivity index (χ1) is 11.0. The van der Waals surface area contributed by atoms with Crippen LogP contribution in [0.1, 0.15) is 39.6 Å². The number of aryl methyl sites for hydroxylation is 2. The van der Waals surface area contributed by atoms with E-state index in [4.69, 9.17) is 4.74 Å². The van der Waals surface area contributed by atoms with E-state index in [9.17, 15) is 14.4 Å². The number of rotatable bonds is 5. The summed E-state index contributed by atoms with van der Waals surface area (Å²) in [5.74, 6) is -0.970. The zero-order valence-corrected chi connectivity index (χ0v) is 13.9. The summed E-state index contributed by atoms with van der Waals surface area (Å²) < 4.78 is 6.08. The molecule has 0 spiro atoms. The van der Waals surface area contributed by atoms with Crippen molar-refractivity contribution in [2.24, 2.45) is 7.05 Å². The lowest BCUT2D eigenvalue weighted by atomic mass is 10.2. The Labute approximate surface area is 136 Å². The number of aromatic nitrogens is 2. The monoisotopic (exact) mass is 335 g/mol. The fourth-order valence-electron chi connectivity index (χ4n) is 1.86. The number of carbonyl (C=O) groups excluding carboxylic acids is 2. The normalized spacial score (nSPS) is 10.4. The van der Waals surface area contributed by atoms with Gasteiger partial charge >= 0.3 is 5.97 Å². The van der Waals surface area contributed by atoms with E-state index < -0.39 is 11.9 Å². The van der Waals surface area contributed by atoms with Crippen LogP contribution in [-0.4, -0.2) is 28.3 Å². The highest BCUT2D eigenvalue weighted by molar-refractivity contribution is 7.16. The number of anilines is 1. The minimum absolute atomic E-state index is 0.0911. The third-order valence-corrected chi connectivity index (χ3v) is 4.24. The summed E-state index contributed by atoms with van der Waals surface area (Å²) in [6, 6.07) is 4.32. The summed E-state index contributed by atoms with van der Waals surface area (Å²) in [5, 5.41) is 6.97. The number of carbonyl (C=O) groups is 2. The van der Waals surface area contributed by atoms with Crippen molar-refractivity contribution in [1.29, 1.82) is 0 Å². The summed E-state index contributed by atoms with van der Waals surface area (Å²) in [6.45, 7) is 3.93. The van der Waals surface area contributed by atoms with Gasteiger partial charge < -0.3 is 10.1 Å². The summed E-state index contributed by atoms with van der Waals surface area (Å²) in [7, 11) is 1.46. The number of thiophene rings is 1. The van der Waals surface area contributed by atoms with E-state index in [-0.39, 0.29) is 17.9 Å². The standard InChI is InChI=1S/C15H17N3O4S/c1-4-9-8-10(15(21)22-5-2)14(23-9)16-13(20)11-6-7-12(19)18(3)17-11/h6-8H,4-5H2,1-3H3,(H,16,20). The average Bonchev–Trinajstić information content (AvgIpc) is 2.93. The van der Waals surface area contributed by atoms with Crippen LogP contribution in [0, 0.1) is 0 Å². The third-order valence-electron chi connectivity index (χ3n) is 3.05. The second-order valence-electron chi connectivity index (χ2n) is 4.66. The molecule has 2 rings (SSSR count). The van der Waals surface area contributed by atoms with E-state index in [0.29, 0.717) is 10.6 Å². The van der Waals surface area contributed by atoms with E-state index in [2.05, 4.69) is 10.4 Å². The maximum absolute atomic E-state index is 12.3. The van der Waals surface area contributed by atoms with E-state index in [1.807, 2.05) is 6.92 Å². The molecule has 1 N–H and O–H groups in total. The van der Waals surface area contributed by atoms with Crippen LogP contribution in [0.4, 0.5) is 5.00 Å². The van der Waals surface area contributed by atoms with Crippen LogP contribution in [0.25, 0.3) is 0 Å². The largest absolute Gasteiger partial charge is 0.462 e. The van der Waals surface area contributed by atoms with Gasteiger partial charge in [0.2, 0.25) is 0 Å². The van der Waals surface area contributed by atoms with Gasteiger partial charge in [-0.15, -0.1) is 11.3 Å². The summed E-state index contributed by atoms with van der Waals surface area (Å²) in [6.07, 6.45) is 0.741. The molecule has 0 bridgehead atoms. The highest BCUT2D eigenvalue weighted by Crippen LogP contribution is 2.29. The Morgan fingerprint density at radius 2 is 2.09 bits per heavy atom. The zero-order chi connectivity index (χ0) is 17.0. The van der Waals surface area contributed by atoms with Crippen molar-refractivity contribution in [3.8, 4) is 0 Å². The molecule has 0 aliphatic carbocycles. The van der Waals surface area contributed by atoms with Crippen molar-refractivity contribution in [1.82, 2.24) is 9.78 Å². The molecule has 0 aliphatic heterocycles. The quantitative estimate of drug-likeness (QED) is 0.842. The van der Waals surface area contributed by atoms with E-state index in [0.717, 1.165) is 16.0 Å². The molecular formula is C15H17N3O4S. The molecule has 0 saturated carbocycles. The lowest BCUT2D eigenvalue weighted by Gasteiger charge is -2.06. The average molecular weight is 335 g/mol. The highest BCUT2D eigenvalue weighted by atomic mass is 32.1. The first-order valence-electron chi connectivity index (χ1n) is 7.11. The molecule has 0 radical (unpaired) electrons. The Morgan fingerprint density at radius 3 is 2.70 bits per heavy atom. The van der Waals surface area contributed by atoms with Gasteiger partial charge in [-0.1, -0.05) is 6.92 Å². The number of nitrogens with zero attached hydrogens (tertiary/aromatic N) is 2. The fraction of sp³-hybridized carbons (Fsp3) is 0.333. The molecule has 2 heterocycles. The van der Waals surface area contributed by atoms with Crippen molar-refractivity contribution in [2.75, 3.05) is 11.9 Å². The van der Waals surface area contributed by atoms with Gasteiger partial charge in [-0.2, -0.15) is 5.10 Å². The van der Waals surface area contributed by atoms with Crippen molar-refractivity contribution in [3.63, 3.8) is 0 Å². The van der Waals surface area contributed by atoms with Crippen LogP contribution >= 0.6 is 11.3 Å². The molecule has 0 unspecified atom stereocenters. The van der Waals surface area contributed by atoms with Crippen molar-refractivity contribution in [2.45, 2.75) is 20.3 Å². The fourth-order valence-corrected chi connectivity index (χ4v) is 2.84. The predicted octanol–water partition coefficient (Wildman–Crippen LogP) is 1.83. The molecule has 0 saturated heterocycles. The number of amides is 1. The van der Waals surface area contributed by atoms with Gasteiger partial charge in [0, 0.05) is 18.0 Å². The van der Waals surface area contributed by atoms with Crippen LogP contribution in [0.2, 0.25) is 0 Å². The third kappa shape index (κ3) is 3.84. The number of ether oxygens (including phenoxy) is 1. The molecule has 122 valence electrons. The molecule has 1 amide bonds. The Hall–Kier alpha value is -2.48. The van der Waals surface area contributed by atoms with Crippen molar-refractivity contribution < 1.29 is 14.3 Å². The first kappa shape index (κ1) is 16.9. The van der Waals surface area contributed by atoms with Gasteiger partial charge in [-0.25, -0.2) is 9.48 Å². The smallest absolute Gasteiger partial charge is 0.341 e. The van der Waals surface area contributed by atoms with E-state index in [1.54, 1.807) is 13.0 Å². The number of hydrogen-bond donors (Lipinski definition) is 1. The molecule has 0 fully saturated rings. The Morgan fingerprint density at radius 1 is 1.35 bits per heavy atom. The highest BCUT2D eigenvalue weighted by Gasteiger charge is 2.19. The number of hydrogen-bond acceptors (Lipinski definition) is 6. The summed E-state index contributed by atoms with van der Waals surface area (Å²) in [5.41, 5.74) is 0.110. The molecule has 2 aromatic rings. The van der Waals surface area contributed by atoms with Gasteiger partial charge in [-0.05, 0) is 25.5 Å². The second kappa shape index (κ2) is 7.19. The molecular weight excluding hydrogens is 318 g/mol. The van der Waals surface area contributed by atoms with Crippen LogP contribution in [-0.2, 0) is 18.2 Å². The maximum atomic E-state index is 12.3. The maximum Gasteiger partial charge on any atom is 0.341 e. The van der Waals surface area contributed by atoms with E-state index >= 15 is 0 Å². The van der Waals surface area contributed by atoms with Gasteiger partial charge in [0.25, 0.3) is 11.5 Å². The van der Waals surface area contributed by atoms with Crippen molar-refractivity contribution >= 4 is 28.2 Å². The first-order valence-corrected chi connectivity index (χ1v) is 7.93. The van der Waals surface area contributed by atoms with Crippen LogP contribution < -0.4 is 10.9 Å². The SMILES string of the molecule is CCOC(=O)c1cc(CC)sc1NC(=O)c1ccc(=O)n(C)n1. The molecule has 8 heteroatoms. The minimum atomic E-state index is -0.490. The van der Waals surface area contributed by atoms with Gasteiger partial charge in [0.05, 0.1) is 12.2 Å². The summed E-state index contributed by atoms with van der Waals surface area (Å²) >= 11 is 1.31. The summed E-state index contributed by atoms with van der Waals surface area (Å²) in [4.78, 5) is 36.5. The van der Waals surface area contributed by atoms with Gasteiger partial charge in [0.1, 0.15) is 10.7 Å². The lowest BCUT2D eigenvalue weighted by molar-refractivity contribution is 0.0528. The molecule has 23 heavy (non-hydrogen) atoms. The topological polar surface area (TPSA) is 90.3 Å². The molecule has 7 nitrogen and oxygen atoms in total. The molecule has 0 aromatic carbocycles. The predicted molar refractivity (Wildman–Crippen MR) is 87.1 cm³/mol. The van der Waals surface area contributed by atoms with Crippen LogP contribution in [0.15, 0.2) is 23.0 Å². The number of nitrogens with one attached hydrogen (secondary N) is 1. The lowest BCUT2D eigenvalue weighted by Crippen LogP contribution is -2.23. The Balaban J connectivity index is 2.29. The Kier molecular flexibility index (Phi) is 5.28. The van der Waals surface area contributed by atoms with Gasteiger partial charge in [0.15, 0.2) is 0 Å². The van der Waals surface area contributed by atoms with Crippen LogP contribution in [0.5, 0.6) is 0 Å². The molecule has 2 aromatic heterocycles. The molecule has 0 atom stereocenters.